The van der Waals surface area contributed by atoms with E-state index in [4.69, 9.17) is 0 Å². The molecule has 1 N–H and O–H groups in total. The molecule has 1 heteroatoms. The lowest BCUT2D eigenvalue weighted by Crippen LogP contribution is -2.28. The minimum atomic E-state index is 0.703. The van der Waals surface area contributed by atoms with Crippen LogP contribution in [0.4, 0.5) is 0 Å². The molecule has 0 saturated heterocycles. The first-order valence-electron chi connectivity index (χ1n) is 5.92. The van der Waals surface area contributed by atoms with Crippen molar-refractivity contribution in [1.82, 2.24) is 5.32 Å². The van der Waals surface area contributed by atoms with Gasteiger partial charge in [0.05, 0.1) is 0 Å². The zero-order valence-electron chi connectivity index (χ0n) is 9.13. The molecule has 0 bridgehead atoms. The minimum Gasteiger partial charge on any atom is -0.311 e. The number of nitrogens with one attached hydrogen (secondary N) is 1. The SMILES string of the molecule is CC(CC1CC1)NCC1=CC=CCC1. The average Bonchev–Trinajstić information content (AvgIpc) is 3.00. The molecule has 78 valence electrons. The molecule has 1 fully saturated rings. The molecule has 2 aliphatic rings. The quantitative estimate of drug-likeness (QED) is 0.704. The standard InChI is InChI=1S/C13H21N/c1-11(9-12-7-8-12)14-10-13-5-3-2-4-6-13/h2-3,5,11-12,14H,4,6-10H2,1H3. The molecule has 2 rings (SSSR count). The zero-order chi connectivity index (χ0) is 9.80. The van der Waals surface area contributed by atoms with E-state index in [0.717, 1.165) is 12.5 Å². The van der Waals surface area contributed by atoms with Crippen LogP contribution in [0.15, 0.2) is 23.8 Å². The summed E-state index contributed by atoms with van der Waals surface area (Å²) in [6.45, 7) is 3.41. The highest BCUT2D eigenvalue weighted by molar-refractivity contribution is 5.18. The summed E-state index contributed by atoms with van der Waals surface area (Å²) in [5.74, 6) is 1.04. The van der Waals surface area contributed by atoms with E-state index in [1.807, 2.05) is 0 Å². The van der Waals surface area contributed by atoms with Crippen LogP contribution < -0.4 is 5.32 Å². The lowest BCUT2D eigenvalue weighted by atomic mass is 10.0. The van der Waals surface area contributed by atoms with Crippen LogP contribution in [0.25, 0.3) is 0 Å². The highest BCUT2D eigenvalue weighted by Gasteiger charge is 2.23. The maximum absolute atomic E-state index is 3.62. The minimum absolute atomic E-state index is 0.703. The van der Waals surface area contributed by atoms with E-state index in [-0.39, 0.29) is 0 Å². The highest BCUT2D eigenvalue weighted by Crippen LogP contribution is 2.33. The second kappa shape index (κ2) is 4.79. The summed E-state index contributed by atoms with van der Waals surface area (Å²) in [7, 11) is 0. The van der Waals surface area contributed by atoms with Crippen LogP contribution in [0, 0.1) is 5.92 Å². The Bertz CT molecular complexity index is 236. The first-order chi connectivity index (χ1) is 6.84. The summed E-state index contributed by atoms with van der Waals surface area (Å²) in [5, 5.41) is 3.62. The van der Waals surface area contributed by atoms with Gasteiger partial charge in [0.1, 0.15) is 0 Å². The van der Waals surface area contributed by atoms with E-state index in [1.54, 1.807) is 5.57 Å². The number of allylic oxidation sites excluding steroid dienone is 3. The Labute approximate surface area is 87.3 Å². The largest absolute Gasteiger partial charge is 0.311 e. The molecule has 0 aromatic carbocycles. The van der Waals surface area contributed by atoms with E-state index >= 15 is 0 Å². The summed E-state index contributed by atoms with van der Waals surface area (Å²) in [6, 6.07) is 0.703. The Hall–Kier alpha value is -0.560. The normalized spacial score (nSPS) is 23.4. The summed E-state index contributed by atoms with van der Waals surface area (Å²) in [4.78, 5) is 0. The molecule has 0 aromatic rings. The van der Waals surface area contributed by atoms with E-state index < -0.39 is 0 Å². The molecule has 1 atom stereocenters. The molecule has 0 amide bonds. The van der Waals surface area contributed by atoms with Gasteiger partial charge >= 0.3 is 0 Å². The topological polar surface area (TPSA) is 12.0 Å². The Morgan fingerprint density at radius 3 is 3.00 bits per heavy atom. The van der Waals surface area contributed by atoms with E-state index in [1.165, 1.54) is 32.1 Å². The highest BCUT2D eigenvalue weighted by atomic mass is 14.9. The van der Waals surface area contributed by atoms with Crippen molar-refractivity contribution in [1.29, 1.82) is 0 Å². The maximum Gasteiger partial charge on any atom is 0.0170 e. The molecule has 1 saturated carbocycles. The van der Waals surface area contributed by atoms with Crippen molar-refractivity contribution in [3.05, 3.63) is 23.8 Å². The van der Waals surface area contributed by atoms with Crippen molar-refractivity contribution >= 4 is 0 Å². The van der Waals surface area contributed by atoms with Crippen molar-refractivity contribution in [2.24, 2.45) is 5.92 Å². The molecular weight excluding hydrogens is 170 g/mol. The summed E-state index contributed by atoms with van der Waals surface area (Å²) < 4.78 is 0. The van der Waals surface area contributed by atoms with Crippen LogP contribution in [0.5, 0.6) is 0 Å². The average molecular weight is 191 g/mol. The van der Waals surface area contributed by atoms with Gasteiger partial charge in [-0.05, 0) is 32.1 Å². The molecule has 0 aliphatic heterocycles. The van der Waals surface area contributed by atoms with Crippen molar-refractivity contribution < 1.29 is 0 Å². The third kappa shape index (κ3) is 3.30. The smallest absolute Gasteiger partial charge is 0.0170 e. The zero-order valence-corrected chi connectivity index (χ0v) is 9.13. The van der Waals surface area contributed by atoms with Gasteiger partial charge in [0, 0.05) is 12.6 Å². The van der Waals surface area contributed by atoms with Crippen molar-refractivity contribution in [2.45, 2.75) is 45.1 Å². The van der Waals surface area contributed by atoms with Crippen LogP contribution in [0.1, 0.15) is 39.0 Å². The first kappa shape index (κ1) is 9.97. The lowest BCUT2D eigenvalue weighted by Gasteiger charge is -2.15. The van der Waals surface area contributed by atoms with Crippen LogP contribution in [0.2, 0.25) is 0 Å². The third-order valence-electron chi connectivity index (χ3n) is 3.16. The Kier molecular flexibility index (Phi) is 3.41. The molecule has 0 aromatic heterocycles. The fraction of sp³-hybridized carbons (Fsp3) is 0.692. The van der Waals surface area contributed by atoms with Crippen molar-refractivity contribution in [3.63, 3.8) is 0 Å². The number of hydrogen-bond acceptors (Lipinski definition) is 1. The predicted octanol–water partition coefficient (Wildman–Crippen LogP) is 3.04. The molecule has 14 heavy (non-hydrogen) atoms. The van der Waals surface area contributed by atoms with Gasteiger partial charge in [-0.25, -0.2) is 0 Å². The van der Waals surface area contributed by atoms with E-state index in [0.29, 0.717) is 6.04 Å². The van der Waals surface area contributed by atoms with Gasteiger partial charge < -0.3 is 5.32 Å². The second-order valence-electron chi connectivity index (χ2n) is 4.75. The Morgan fingerprint density at radius 1 is 1.50 bits per heavy atom. The van der Waals surface area contributed by atoms with Gasteiger partial charge in [-0.2, -0.15) is 0 Å². The third-order valence-corrected chi connectivity index (χ3v) is 3.16. The van der Waals surface area contributed by atoms with Gasteiger partial charge in [0.2, 0.25) is 0 Å². The van der Waals surface area contributed by atoms with Gasteiger partial charge in [0.15, 0.2) is 0 Å². The van der Waals surface area contributed by atoms with Crippen LogP contribution in [-0.4, -0.2) is 12.6 Å². The van der Waals surface area contributed by atoms with Crippen LogP contribution in [0.3, 0.4) is 0 Å². The summed E-state index contributed by atoms with van der Waals surface area (Å²) in [5.41, 5.74) is 1.56. The fourth-order valence-corrected chi connectivity index (χ4v) is 2.04. The molecular formula is C13H21N. The Balaban J connectivity index is 1.64. The number of rotatable bonds is 5. The van der Waals surface area contributed by atoms with Crippen molar-refractivity contribution in [2.75, 3.05) is 6.54 Å². The van der Waals surface area contributed by atoms with Gasteiger partial charge in [-0.15, -0.1) is 0 Å². The van der Waals surface area contributed by atoms with E-state index in [9.17, 15) is 0 Å². The number of hydrogen-bond donors (Lipinski definition) is 1. The summed E-state index contributed by atoms with van der Waals surface area (Å²) >= 11 is 0. The molecule has 0 heterocycles. The molecule has 2 aliphatic carbocycles. The second-order valence-corrected chi connectivity index (χ2v) is 4.75. The van der Waals surface area contributed by atoms with Crippen LogP contribution in [-0.2, 0) is 0 Å². The van der Waals surface area contributed by atoms with Gasteiger partial charge in [-0.1, -0.05) is 36.6 Å². The molecule has 1 nitrogen and oxygen atoms in total. The molecule has 0 spiro atoms. The lowest BCUT2D eigenvalue weighted by molar-refractivity contribution is 0.503. The summed E-state index contributed by atoms with van der Waals surface area (Å²) in [6.07, 6.45) is 13.5. The fourth-order valence-electron chi connectivity index (χ4n) is 2.04. The van der Waals surface area contributed by atoms with Gasteiger partial charge in [-0.3, -0.25) is 0 Å². The van der Waals surface area contributed by atoms with Gasteiger partial charge in [0.25, 0.3) is 0 Å². The maximum atomic E-state index is 3.62. The van der Waals surface area contributed by atoms with E-state index in [2.05, 4.69) is 30.5 Å². The van der Waals surface area contributed by atoms with Crippen molar-refractivity contribution in [3.8, 4) is 0 Å². The van der Waals surface area contributed by atoms with Crippen LogP contribution >= 0.6 is 0 Å². The predicted molar refractivity (Wildman–Crippen MR) is 61.3 cm³/mol. The molecule has 0 radical (unpaired) electrons. The monoisotopic (exact) mass is 191 g/mol. The Morgan fingerprint density at radius 2 is 2.36 bits per heavy atom. The molecule has 1 unspecified atom stereocenters. The first-order valence-corrected chi connectivity index (χ1v) is 5.92.